The van der Waals surface area contributed by atoms with E-state index in [-0.39, 0.29) is 18.1 Å². The smallest absolute Gasteiger partial charge is 0.341 e. The molecule has 1 unspecified atom stereocenters. The Bertz CT molecular complexity index is 1200. The Morgan fingerprint density at radius 2 is 1.89 bits per heavy atom. The van der Waals surface area contributed by atoms with Crippen LogP contribution in [-0.4, -0.2) is 42.7 Å². The number of hydrogen-bond donors (Lipinski definition) is 1. The van der Waals surface area contributed by atoms with Gasteiger partial charge in [-0.3, -0.25) is 4.79 Å². The lowest BCUT2D eigenvalue weighted by molar-refractivity contribution is -0.142. The lowest BCUT2D eigenvalue weighted by Gasteiger charge is -2.20. The maximum atomic E-state index is 12.7. The van der Waals surface area contributed by atoms with Crippen molar-refractivity contribution >= 4 is 50.3 Å². The summed E-state index contributed by atoms with van der Waals surface area (Å²) < 4.78 is 16.5. The number of ether oxygens (including phenoxy) is 3. The fourth-order valence-electron chi connectivity index (χ4n) is 3.93. The molecule has 0 aliphatic carbocycles. The first-order valence-corrected chi connectivity index (χ1v) is 12.4. The molecule has 8 nitrogen and oxygen atoms in total. The lowest BCUT2D eigenvalue weighted by atomic mass is 9.91. The predicted molar refractivity (Wildman–Crippen MR) is 138 cm³/mol. The minimum Gasteiger partial charge on any atom is -0.496 e. The van der Waals surface area contributed by atoms with E-state index in [0.29, 0.717) is 34.6 Å². The van der Waals surface area contributed by atoms with Crippen LogP contribution in [0.15, 0.2) is 41.1 Å². The normalized spacial score (nSPS) is 11.7. The molecule has 3 rings (SSSR count). The van der Waals surface area contributed by atoms with Crippen LogP contribution in [0.25, 0.3) is 10.9 Å². The van der Waals surface area contributed by atoms with Crippen molar-refractivity contribution < 1.29 is 23.8 Å². The second-order valence-electron chi connectivity index (χ2n) is 7.94. The average molecular weight is 544 g/mol. The van der Waals surface area contributed by atoms with Gasteiger partial charge in [-0.2, -0.15) is 0 Å². The fraction of sp³-hybridized carbons (Fsp3) is 0.385. The number of anilines is 2. The zero-order valence-corrected chi connectivity index (χ0v) is 22.0. The summed E-state index contributed by atoms with van der Waals surface area (Å²) in [6.07, 6.45) is 5.10. The number of benzene rings is 2. The number of nitrogens with one attached hydrogen (secondary N) is 1. The van der Waals surface area contributed by atoms with Crippen molar-refractivity contribution in [2.75, 3.05) is 26.1 Å². The summed E-state index contributed by atoms with van der Waals surface area (Å²) in [4.78, 5) is 34.0. The third kappa shape index (κ3) is 6.28. The molecule has 0 radical (unpaired) electrons. The third-order valence-electron chi connectivity index (χ3n) is 5.68. The van der Waals surface area contributed by atoms with Crippen LogP contribution < -0.4 is 10.1 Å². The maximum Gasteiger partial charge on any atom is 0.341 e. The molecule has 2 aromatic carbocycles. The van der Waals surface area contributed by atoms with E-state index < -0.39 is 11.9 Å². The van der Waals surface area contributed by atoms with Crippen LogP contribution in [-0.2, 0) is 14.3 Å². The van der Waals surface area contributed by atoms with Crippen molar-refractivity contribution in [1.82, 2.24) is 9.97 Å². The summed E-state index contributed by atoms with van der Waals surface area (Å²) in [7, 11) is 2.90. The van der Waals surface area contributed by atoms with E-state index >= 15 is 0 Å². The molecule has 186 valence electrons. The van der Waals surface area contributed by atoms with Crippen LogP contribution in [0.2, 0.25) is 0 Å². The fourth-order valence-corrected chi connectivity index (χ4v) is 4.29. The van der Waals surface area contributed by atoms with Gasteiger partial charge in [-0.25, -0.2) is 14.8 Å². The van der Waals surface area contributed by atoms with Crippen LogP contribution in [0.5, 0.6) is 5.75 Å². The number of rotatable bonds is 11. The van der Waals surface area contributed by atoms with Crippen molar-refractivity contribution in [3.8, 4) is 5.75 Å². The zero-order chi connectivity index (χ0) is 25.4. The first kappa shape index (κ1) is 26.4. The number of fused-ring (bicyclic) bond motifs is 1. The number of hydrogen-bond acceptors (Lipinski definition) is 8. The molecule has 1 heterocycles. The van der Waals surface area contributed by atoms with Gasteiger partial charge < -0.3 is 19.5 Å². The van der Waals surface area contributed by atoms with E-state index in [1.807, 2.05) is 18.2 Å². The number of aromatic nitrogens is 2. The molecule has 1 aromatic heterocycles. The first-order chi connectivity index (χ1) is 16.9. The molecule has 0 fully saturated rings. The van der Waals surface area contributed by atoms with E-state index in [0.717, 1.165) is 29.3 Å². The number of unbranched alkanes of at least 4 members (excludes halogenated alkanes) is 2. The van der Waals surface area contributed by atoms with E-state index in [4.69, 9.17) is 14.2 Å². The van der Waals surface area contributed by atoms with Gasteiger partial charge in [0.15, 0.2) is 0 Å². The highest BCUT2D eigenvalue weighted by Gasteiger charge is 2.25. The molecular formula is C26H30BrN3O5. The number of carbonyl (C=O) groups excluding carboxylic acids is 2. The Labute approximate surface area is 213 Å². The lowest BCUT2D eigenvalue weighted by Crippen LogP contribution is -2.16. The van der Waals surface area contributed by atoms with Gasteiger partial charge in [-0.15, -0.1) is 0 Å². The van der Waals surface area contributed by atoms with Gasteiger partial charge in [-0.05, 0) is 37.1 Å². The predicted octanol–water partition coefficient (Wildman–Crippen LogP) is 6.16. The SMILES string of the molecule is CCCCCC(C(=O)OC)c1ccc(Br)cc1Nc1ncnc2cc(OC)c(C(=O)OCC)cc12. The van der Waals surface area contributed by atoms with E-state index in [1.54, 1.807) is 19.1 Å². The molecular weight excluding hydrogens is 514 g/mol. The summed E-state index contributed by atoms with van der Waals surface area (Å²) in [6, 6.07) is 9.05. The van der Waals surface area contributed by atoms with Crippen LogP contribution in [0.3, 0.4) is 0 Å². The molecule has 1 N–H and O–H groups in total. The molecule has 0 aliphatic rings. The average Bonchev–Trinajstić information content (AvgIpc) is 2.86. The molecule has 0 saturated carbocycles. The van der Waals surface area contributed by atoms with E-state index in [1.165, 1.54) is 20.5 Å². The summed E-state index contributed by atoms with van der Waals surface area (Å²) in [5.74, 6) is -0.352. The molecule has 0 amide bonds. The van der Waals surface area contributed by atoms with Crippen LogP contribution >= 0.6 is 15.9 Å². The van der Waals surface area contributed by atoms with E-state index in [9.17, 15) is 9.59 Å². The van der Waals surface area contributed by atoms with Gasteiger partial charge in [0.2, 0.25) is 0 Å². The van der Waals surface area contributed by atoms with Crippen molar-refractivity contribution in [2.45, 2.75) is 45.4 Å². The summed E-state index contributed by atoms with van der Waals surface area (Å²) in [5, 5.41) is 3.97. The number of esters is 2. The minimum atomic E-state index is -0.495. The summed E-state index contributed by atoms with van der Waals surface area (Å²) >= 11 is 3.53. The molecule has 0 aliphatic heterocycles. The molecule has 3 aromatic rings. The quantitative estimate of drug-likeness (QED) is 0.226. The first-order valence-electron chi connectivity index (χ1n) is 11.6. The van der Waals surface area contributed by atoms with Crippen LogP contribution in [0.1, 0.15) is 61.4 Å². The van der Waals surface area contributed by atoms with Gasteiger partial charge in [0.1, 0.15) is 23.5 Å². The number of methoxy groups -OCH3 is 2. The molecule has 35 heavy (non-hydrogen) atoms. The largest absolute Gasteiger partial charge is 0.496 e. The number of halogens is 1. The Kier molecular flexibility index (Phi) is 9.42. The van der Waals surface area contributed by atoms with E-state index in [2.05, 4.69) is 38.1 Å². The molecule has 9 heteroatoms. The standard InChI is InChI=1S/C26H30BrN3O5/c1-5-7-8-9-18(25(31)34-4)17-11-10-16(27)12-22(17)30-24-19-13-20(26(32)35-6-2)23(33-3)14-21(19)28-15-29-24/h10-15,18H,5-9H2,1-4H3,(H,28,29,30). The van der Waals surface area contributed by atoms with Crippen molar-refractivity contribution in [3.63, 3.8) is 0 Å². The minimum absolute atomic E-state index is 0.241. The highest BCUT2D eigenvalue weighted by Crippen LogP contribution is 2.36. The van der Waals surface area contributed by atoms with Crippen LogP contribution in [0.4, 0.5) is 11.5 Å². The van der Waals surface area contributed by atoms with Crippen molar-refractivity contribution in [3.05, 3.63) is 52.3 Å². The number of nitrogens with zero attached hydrogens (tertiary/aromatic N) is 2. The monoisotopic (exact) mass is 543 g/mol. The van der Waals surface area contributed by atoms with Crippen molar-refractivity contribution in [2.24, 2.45) is 0 Å². The summed E-state index contributed by atoms with van der Waals surface area (Å²) in [6.45, 7) is 4.11. The highest BCUT2D eigenvalue weighted by atomic mass is 79.9. The molecule has 1 atom stereocenters. The third-order valence-corrected chi connectivity index (χ3v) is 6.17. The Morgan fingerprint density at radius 3 is 2.57 bits per heavy atom. The van der Waals surface area contributed by atoms with Crippen molar-refractivity contribution in [1.29, 1.82) is 0 Å². The van der Waals surface area contributed by atoms with Gasteiger partial charge in [0.05, 0.1) is 32.3 Å². The van der Waals surface area contributed by atoms with Gasteiger partial charge in [0.25, 0.3) is 0 Å². The Morgan fingerprint density at radius 1 is 1.09 bits per heavy atom. The van der Waals surface area contributed by atoms with Crippen LogP contribution in [0, 0.1) is 0 Å². The second kappa shape index (κ2) is 12.5. The van der Waals surface area contributed by atoms with Gasteiger partial charge in [-0.1, -0.05) is 48.2 Å². The maximum absolute atomic E-state index is 12.7. The second-order valence-corrected chi connectivity index (χ2v) is 8.86. The molecule has 0 saturated heterocycles. The Hall–Kier alpha value is -3.20. The highest BCUT2D eigenvalue weighted by molar-refractivity contribution is 9.10. The van der Waals surface area contributed by atoms with Gasteiger partial charge >= 0.3 is 11.9 Å². The summed E-state index contributed by atoms with van der Waals surface area (Å²) in [5.41, 5.74) is 2.39. The molecule has 0 bridgehead atoms. The van der Waals surface area contributed by atoms with Gasteiger partial charge in [0, 0.05) is 21.6 Å². The Balaban J connectivity index is 2.09. The molecule has 0 spiro atoms. The topological polar surface area (TPSA) is 99.6 Å². The number of carbonyl (C=O) groups is 2. The zero-order valence-electron chi connectivity index (χ0n) is 20.4.